The van der Waals surface area contributed by atoms with Crippen LogP contribution in [-0.2, 0) is 4.79 Å². The number of nitrogens with zero attached hydrogens (tertiary/aromatic N) is 3. The van der Waals surface area contributed by atoms with Crippen LogP contribution in [0.15, 0.2) is 69.9 Å². The van der Waals surface area contributed by atoms with Gasteiger partial charge in [0.05, 0.1) is 29.2 Å². The number of para-hydroxylation sites is 1. The van der Waals surface area contributed by atoms with Crippen LogP contribution < -0.4 is 15.2 Å². The summed E-state index contributed by atoms with van der Waals surface area (Å²) in [5, 5.41) is 2.37. The van der Waals surface area contributed by atoms with Gasteiger partial charge in [-0.05, 0) is 48.2 Å². The molecule has 0 spiro atoms. The molecule has 2 aromatic carbocycles. The summed E-state index contributed by atoms with van der Waals surface area (Å²) >= 11 is 2.66. The molecule has 1 aliphatic heterocycles. The van der Waals surface area contributed by atoms with Crippen LogP contribution in [0, 0.1) is 6.92 Å². The van der Waals surface area contributed by atoms with E-state index in [-0.39, 0.29) is 17.2 Å². The van der Waals surface area contributed by atoms with Crippen molar-refractivity contribution in [1.82, 2.24) is 9.55 Å². The summed E-state index contributed by atoms with van der Waals surface area (Å²) in [6, 6.07) is 17.1. The van der Waals surface area contributed by atoms with Crippen molar-refractivity contribution in [3.63, 3.8) is 0 Å². The molecule has 0 unspecified atom stereocenters. The molecule has 1 aliphatic rings. The number of hydrogen-bond acceptors (Lipinski definition) is 6. The van der Waals surface area contributed by atoms with Gasteiger partial charge in [-0.25, -0.2) is 4.98 Å². The van der Waals surface area contributed by atoms with Crippen molar-refractivity contribution >= 4 is 44.9 Å². The van der Waals surface area contributed by atoms with Gasteiger partial charge >= 0.3 is 0 Å². The number of carbonyl (C=O) groups is 1. The maximum atomic E-state index is 13.2. The Morgan fingerprint density at radius 1 is 1.19 bits per heavy atom. The molecule has 3 heterocycles. The summed E-state index contributed by atoms with van der Waals surface area (Å²) in [6.45, 7) is 2.95. The molecule has 0 radical (unpaired) electrons. The van der Waals surface area contributed by atoms with Gasteiger partial charge < -0.3 is 9.64 Å². The number of aryl methyl sites for hydroxylation is 1. The molecule has 0 fully saturated rings. The maximum Gasteiger partial charge on any atom is 0.276 e. The number of rotatable bonds is 4. The number of hydrogen-bond donors (Lipinski definition) is 0. The van der Waals surface area contributed by atoms with Crippen molar-refractivity contribution in [2.75, 3.05) is 23.8 Å². The Morgan fingerprint density at radius 3 is 2.87 bits per heavy atom. The molecule has 31 heavy (non-hydrogen) atoms. The van der Waals surface area contributed by atoms with Gasteiger partial charge in [0.25, 0.3) is 5.56 Å². The Hall–Kier alpha value is -3.10. The average Bonchev–Trinajstić information content (AvgIpc) is 3.26. The van der Waals surface area contributed by atoms with E-state index >= 15 is 0 Å². The van der Waals surface area contributed by atoms with E-state index in [2.05, 4.69) is 4.98 Å². The highest BCUT2D eigenvalue weighted by atomic mass is 32.2. The standard InChI is InChI=1S/C23H19N3O3S2/c1-15-7-8-19-18(13-15)25(10-11-29-19)20(27)14-31-23-24-17-9-12-30-21(17)22(28)26(23)16-5-3-2-4-6-16/h2-9,12-13H,10-11,14H2,1H3. The first-order valence-corrected chi connectivity index (χ1v) is 11.7. The first-order valence-electron chi connectivity index (χ1n) is 9.84. The van der Waals surface area contributed by atoms with Crippen molar-refractivity contribution in [3.05, 3.63) is 75.9 Å². The molecule has 156 valence electrons. The van der Waals surface area contributed by atoms with Crippen molar-refractivity contribution in [2.24, 2.45) is 0 Å². The fraction of sp³-hybridized carbons (Fsp3) is 0.174. The van der Waals surface area contributed by atoms with Gasteiger partial charge in [0.1, 0.15) is 17.1 Å². The van der Waals surface area contributed by atoms with Crippen molar-refractivity contribution in [2.45, 2.75) is 12.1 Å². The topological polar surface area (TPSA) is 64.4 Å². The van der Waals surface area contributed by atoms with Crippen LogP contribution in [0.2, 0.25) is 0 Å². The Bertz CT molecular complexity index is 1330. The summed E-state index contributed by atoms with van der Waals surface area (Å²) in [7, 11) is 0. The van der Waals surface area contributed by atoms with Gasteiger partial charge in [-0.3, -0.25) is 14.2 Å². The van der Waals surface area contributed by atoms with E-state index in [1.807, 2.05) is 66.9 Å². The number of ether oxygens (including phenoxy) is 1. The second-order valence-corrected chi connectivity index (χ2v) is 9.02. The quantitative estimate of drug-likeness (QED) is 0.344. The number of thiophene rings is 1. The van der Waals surface area contributed by atoms with Crippen LogP contribution in [0.25, 0.3) is 15.9 Å². The van der Waals surface area contributed by atoms with Gasteiger partial charge in [-0.1, -0.05) is 36.0 Å². The Morgan fingerprint density at radius 2 is 2.03 bits per heavy atom. The Labute approximate surface area is 187 Å². The summed E-state index contributed by atoms with van der Waals surface area (Å²) < 4.78 is 7.90. The second kappa shape index (κ2) is 8.20. The van der Waals surface area contributed by atoms with Gasteiger partial charge in [-0.2, -0.15) is 0 Å². The fourth-order valence-corrected chi connectivity index (χ4v) is 5.23. The van der Waals surface area contributed by atoms with E-state index in [4.69, 9.17) is 4.74 Å². The minimum Gasteiger partial charge on any atom is -0.490 e. The molecule has 4 aromatic rings. The lowest BCUT2D eigenvalue weighted by atomic mass is 10.1. The van der Waals surface area contributed by atoms with E-state index in [1.54, 1.807) is 9.47 Å². The highest BCUT2D eigenvalue weighted by molar-refractivity contribution is 7.99. The summed E-state index contributed by atoms with van der Waals surface area (Å²) in [5.41, 5.74) is 3.13. The number of fused-ring (bicyclic) bond motifs is 2. The summed E-state index contributed by atoms with van der Waals surface area (Å²) in [4.78, 5) is 32.7. The Balaban J connectivity index is 1.48. The largest absolute Gasteiger partial charge is 0.490 e. The van der Waals surface area contributed by atoms with E-state index in [9.17, 15) is 9.59 Å². The van der Waals surface area contributed by atoms with Gasteiger partial charge in [0, 0.05) is 0 Å². The average molecular weight is 450 g/mol. The van der Waals surface area contributed by atoms with Crippen LogP contribution in [0.3, 0.4) is 0 Å². The first kappa shape index (κ1) is 19.8. The minimum atomic E-state index is -0.117. The fourth-order valence-electron chi connectivity index (χ4n) is 3.58. The lowest BCUT2D eigenvalue weighted by molar-refractivity contribution is -0.116. The predicted octanol–water partition coefficient (Wildman–Crippen LogP) is 4.27. The molecule has 1 amide bonds. The molecular weight excluding hydrogens is 430 g/mol. The van der Waals surface area contributed by atoms with Crippen LogP contribution in [0.5, 0.6) is 5.75 Å². The molecule has 0 saturated heterocycles. The first-order chi connectivity index (χ1) is 15.1. The lowest BCUT2D eigenvalue weighted by Crippen LogP contribution is -2.39. The third-order valence-electron chi connectivity index (χ3n) is 5.07. The van der Waals surface area contributed by atoms with E-state index < -0.39 is 0 Å². The van der Waals surface area contributed by atoms with Gasteiger partial charge in [0.2, 0.25) is 5.91 Å². The predicted molar refractivity (Wildman–Crippen MR) is 125 cm³/mol. The molecule has 0 aliphatic carbocycles. The second-order valence-electron chi connectivity index (χ2n) is 7.16. The molecule has 0 bridgehead atoms. The number of thioether (sulfide) groups is 1. The number of anilines is 1. The smallest absolute Gasteiger partial charge is 0.276 e. The maximum absolute atomic E-state index is 13.2. The van der Waals surface area contributed by atoms with Crippen molar-refractivity contribution in [3.8, 4) is 11.4 Å². The third kappa shape index (κ3) is 3.73. The molecule has 0 atom stereocenters. The summed E-state index contributed by atoms with van der Waals surface area (Å²) in [5.74, 6) is 0.844. The molecule has 0 saturated carbocycles. The lowest BCUT2D eigenvalue weighted by Gasteiger charge is -2.29. The molecule has 8 heteroatoms. The SMILES string of the molecule is Cc1ccc2c(c1)N(C(=O)CSc1nc3ccsc3c(=O)n1-c1ccccc1)CCO2. The third-order valence-corrected chi connectivity index (χ3v) is 6.88. The zero-order valence-corrected chi connectivity index (χ0v) is 18.4. The van der Waals surface area contributed by atoms with Gasteiger partial charge in [0.15, 0.2) is 5.16 Å². The van der Waals surface area contributed by atoms with Gasteiger partial charge in [-0.15, -0.1) is 11.3 Å². The van der Waals surface area contributed by atoms with E-state index in [1.165, 1.54) is 23.1 Å². The normalized spacial score (nSPS) is 13.1. The Kier molecular flexibility index (Phi) is 5.25. The van der Waals surface area contributed by atoms with Crippen molar-refractivity contribution < 1.29 is 9.53 Å². The molecule has 0 N–H and O–H groups in total. The van der Waals surface area contributed by atoms with Crippen LogP contribution in [0.4, 0.5) is 5.69 Å². The van der Waals surface area contributed by atoms with Crippen molar-refractivity contribution in [1.29, 1.82) is 0 Å². The number of benzene rings is 2. The highest BCUT2D eigenvalue weighted by Gasteiger charge is 2.25. The molecule has 5 rings (SSSR count). The zero-order valence-electron chi connectivity index (χ0n) is 16.8. The van der Waals surface area contributed by atoms with E-state index in [0.717, 1.165) is 16.9 Å². The zero-order chi connectivity index (χ0) is 21.4. The number of carbonyl (C=O) groups excluding carboxylic acids is 1. The van der Waals surface area contributed by atoms with Crippen LogP contribution in [-0.4, -0.2) is 34.4 Å². The number of amides is 1. The highest BCUT2D eigenvalue weighted by Crippen LogP contribution is 2.33. The number of aromatic nitrogens is 2. The molecule has 6 nitrogen and oxygen atoms in total. The van der Waals surface area contributed by atoms with E-state index in [0.29, 0.717) is 34.3 Å². The molecule has 2 aromatic heterocycles. The molecular formula is C23H19N3O3S2. The van der Waals surface area contributed by atoms with Crippen LogP contribution >= 0.6 is 23.1 Å². The van der Waals surface area contributed by atoms with Crippen LogP contribution in [0.1, 0.15) is 5.56 Å². The summed E-state index contributed by atoms with van der Waals surface area (Å²) in [6.07, 6.45) is 0. The monoisotopic (exact) mass is 449 g/mol. The minimum absolute atomic E-state index is 0.0422.